The highest BCUT2D eigenvalue weighted by Gasteiger charge is 2.16. The highest BCUT2D eigenvalue weighted by Crippen LogP contribution is 2.18. The molecule has 0 aliphatic heterocycles. The van der Waals surface area contributed by atoms with Gasteiger partial charge in [-0.2, -0.15) is 0 Å². The number of rotatable bonds is 8. The number of carbonyl (C=O) groups is 3. The normalized spacial score (nSPS) is 11.4. The van der Waals surface area contributed by atoms with Crippen LogP contribution in [0.2, 0.25) is 0 Å². The van der Waals surface area contributed by atoms with Crippen molar-refractivity contribution in [1.82, 2.24) is 5.32 Å². The van der Waals surface area contributed by atoms with Crippen LogP contribution in [0.1, 0.15) is 28.4 Å². The highest BCUT2D eigenvalue weighted by molar-refractivity contribution is 5.97. The minimum absolute atomic E-state index is 0.131. The van der Waals surface area contributed by atoms with Gasteiger partial charge in [-0.1, -0.05) is 24.3 Å². The highest BCUT2D eigenvalue weighted by atomic mass is 16.2. The molecule has 2 rings (SSSR count). The summed E-state index contributed by atoms with van der Waals surface area (Å²) in [5.74, 6) is -0.559. The Balaban J connectivity index is 1.88. The van der Waals surface area contributed by atoms with E-state index in [9.17, 15) is 14.4 Å². The van der Waals surface area contributed by atoms with Crippen LogP contribution in [0.25, 0.3) is 0 Å². The molecule has 0 fully saturated rings. The minimum Gasteiger partial charge on any atom is -0.352 e. The molecule has 0 aliphatic carbocycles. The van der Waals surface area contributed by atoms with Crippen LogP contribution in [-0.4, -0.2) is 44.4 Å². The van der Waals surface area contributed by atoms with Gasteiger partial charge in [0.15, 0.2) is 13.1 Å². The van der Waals surface area contributed by atoms with E-state index >= 15 is 0 Å². The molecule has 0 radical (unpaired) electrons. The molecule has 0 spiro atoms. The van der Waals surface area contributed by atoms with Gasteiger partial charge in [0.25, 0.3) is 17.7 Å². The van der Waals surface area contributed by atoms with Crippen molar-refractivity contribution < 1.29 is 19.3 Å². The smallest absolute Gasteiger partial charge is 0.279 e. The van der Waals surface area contributed by atoms with E-state index in [-0.39, 0.29) is 30.8 Å². The van der Waals surface area contributed by atoms with Gasteiger partial charge in [-0.15, -0.1) is 0 Å². The fraction of sp³-hybridized carbons (Fsp3) is 0.318. The maximum atomic E-state index is 12.3. The second kappa shape index (κ2) is 10.4. The summed E-state index contributed by atoms with van der Waals surface area (Å²) in [6.45, 7) is 6.57. The van der Waals surface area contributed by atoms with Crippen LogP contribution in [0.15, 0.2) is 42.5 Å². The fourth-order valence-electron chi connectivity index (χ4n) is 3.01. The van der Waals surface area contributed by atoms with Gasteiger partial charge in [0.2, 0.25) is 0 Å². The zero-order valence-electron chi connectivity index (χ0n) is 17.4. The molecule has 154 valence electrons. The second-order valence-electron chi connectivity index (χ2n) is 7.11. The van der Waals surface area contributed by atoms with Gasteiger partial charge in [-0.05, 0) is 50.1 Å². The summed E-state index contributed by atoms with van der Waals surface area (Å²) < 4.78 is 0. The van der Waals surface area contributed by atoms with Gasteiger partial charge in [0.05, 0.1) is 7.05 Å². The summed E-state index contributed by atoms with van der Waals surface area (Å²) in [6.07, 6.45) is 0. The van der Waals surface area contributed by atoms with Crippen molar-refractivity contribution in [1.29, 1.82) is 0 Å². The predicted octanol–water partition coefficient (Wildman–Crippen LogP) is 1.15. The lowest BCUT2D eigenvalue weighted by Crippen LogP contribution is -3.11. The van der Waals surface area contributed by atoms with Gasteiger partial charge >= 0.3 is 0 Å². The molecule has 0 heterocycles. The Labute approximate surface area is 171 Å². The molecule has 0 aromatic heterocycles. The number of anilines is 2. The summed E-state index contributed by atoms with van der Waals surface area (Å²) in [5.41, 5.74) is 3.85. The van der Waals surface area contributed by atoms with Crippen molar-refractivity contribution in [2.24, 2.45) is 0 Å². The Kier molecular flexibility index (Phi) is 7.91. The lowest BCUT2D eigenvalue weighted by Gasteiger charge is -2.15. The van der Waals surface area contributed by atoms with Crippen LogP contribution >= 0.6 is 0 Å². The van der Waals surface area contributed by atoms with E-state index in [0.717, 1.165) is 21.7 Å². The number of likely N-dealkylation sites (N-methyl/N-ethyl adjacent to an activating group) is 1. The number of hydrogen-bond acceptors (Lipinski definition) is 3. The van der Waals surface area contributed by atoms with Gasteiger partial charge in [0, 0.05) is 23.5 Å². The molecule has 2 aromatic carbocycles. The molecule has 0 saturated carbocycles. The largest absolute Gasteiger partial charge is 0.352 e. The first-order chi connectivity index (χ1) is 13.8. The van der Waals surface area contributed by atoms with E-state index in [0.29, 0.717) is 17.8 Å². The van der Waals surface area contributed by atoms with E-state index < -0.39 is 0 Å². The Morgan fingerprint density at radius 2 is 1.48 bits per heavy atom. The van der Waals surface area contributed by atoms with Crippen molar-refractivity contribution >= 4 is 29.1 Å². The quantitative estimate of drug-likeness (QED) is 0.538. The van der Waals surface area contributed by atoms with Crippen LogP contribution < -0.4 is 20.9 Å². The van der Waals surface area contributed by atoms with Crippen molar-refractivity contribution in [3.63, 3.8) is 0 Å². The molecule has 7 heteroatoms. The SMILES string of the molecule is CCNC(=O)c1cccc(NC(=O)C[NH+](C)CC(=O)Nc2c(C)cccc2C)c1. The molecule has 29 heavy (non-hydrogen) atoms. The number of aryl methyl sites for hydroxylation is 2. The van der Waals surface area contributed by atoms with E-state index in [1.807, 2.05) is 39.0 Å². The van der Waals surface area contributed by atoms with E-state index in [1.54, 1.807) is 31.3 Å². The maximum absolute atomic E-state index is 12.3. The van der Waals surface area contributed by atoms with Gasteiger partial charge in [-0.25, -0.2) is 0 Å². The Bertz CT molecular complexity index is 875. The Hall–Kier alpha value is -3.19. The van der Waals surface area contributed by atoms with Gasteiger partial charge in [0.1, 0.15) is 0 Å². The number of carbonyl (C=O) groups excluding carboxylic acids is 3. The van der Waals surface area contributed by atoms with E-state index in [2.05, 4.69) is 16.0 Å². The topological polar surface area (TPSA) is 91.7 Å². The first kappa shape index (κ1) is 22.1. The molecule has 2 aromatic rings. The molecule has 1 unspecified atom stereocenters. The molecule has 7 nitrogen and oxygen atoms in total. The van der Waals surface area contributed by atoms with Crippen LogP contribution in [0.5, 0.6) is 0 Å². The number of nitrogens with one attached hydrogen (secondary N) is 4. The summed E-state index contributed by atoms with van der Waals surface area (Å²) in [6, 6.07) is 12.6. The van der Waals surface area contributed by atoms with Gasteiger partial charge < -0.3 is 20.9 Å². The molecular formula is C22H29N4O3+. The van der Waals surface area contributed by atoms with Crippen LogP contribution in [0.4, 0.5) is 11.4 Å². The zero-order chi connectivity index (χ0) is 21.4. The van der Waals surface area contributed by atoms with Crippen LogP contribution in [0, 0.1) is 13.8 Å². The number of hydrogen-bond donors (Lipinski definition) is 4. The van der Waals surface area contributed by atoms with Gasteiger partial charge in [-0.3, -0.25) is 14.4 Å². The second-order valence-corrected chi connectivity index (χ2v) is 7.11. The summed E-state index contributed by atoms with van der Waals surface area (Å²) in [4.78, 5) is 37.3. The maximum Gasteiger partial charge on any atom is 0.279 e. The number of amides is 3. The van der Waals surface area contributed by atoms with Crippen molar-refractivity contribution in [3.05, 3.63) is 59.2 Å². The molecule has 0 saturated heterocycles. The lowest BCUT2D eigenvalue weighted by molar-refractivity contribution is -0.862. The third-order valence-corrected chi connectivity index (χ3v) is 4.42. The summed E-state index contributed by atoms with van der Waals surface area (Å²) >= 11 is 0. The fourth-order valence-corrected chi connectivity index (χ4v) is 3.01. The van der Waals surface area contributed by atoms with Crippen molar-refractivity contribution in [3.8, 4) is 0 Å². The monoisotopic (exact) mass is 397 g/mol. The zero-order valence-corrected chi connectivity index (χ0v) is 17.4. The summed E-state index contributed by atoms with van der Waals surface area (Å²) in [5, 5.41) is 8.43. The van der Waals surface area contributed by atoms with E-state index in [1.165, 1.54) is 0 Å². The number of para-hydroxylation sites is 1. The third kappa shape index (κ3) is 6.73. The Morgan fingerprint density at radius 3 is 2.10 bits per heavy atom. The summed E-state index contributed by atoms with van der Waals surface area (Å²) in [7, 11) is 1.79. The first-order valence-corrected chi connectivity index (χ1v) is 9.65. The predicted molar refractivity (Wildman–Crippen MR) is 114 cm³/mol. The average molecular weight is 397 g/mol. The molecular weight excluding hydrogens is 368 g/mol. The van der Waals surface area contributed by atoms with E-state index in [4.69, 9.17) is 0 Å². The van der Waals surface area contributed by atoms with Crippen LogP contribution in [-0.2, 0) is 9.59 Å². The first-order valence-electron chi connectivity index (χ1n) is 9.65. The molecule has 4 N–H and O–H groups in total. The molecule has 0 aliphatic rings. The third-order valence-electron chi connectivity index (χ3n) is 4.42. The van der Waals surface area contributed by atoms with Crippen molar-refractivity contribution in [2.45, 2.75) is 20.8 Å². The number of quaternary nitrogens is 1. The molecule has 0 bridgehead atoms. The average Bonchev–Trinajstić information content (AvgIpc) is 2.65. The Morgan fingerprint density at radius 1 is 0.897 bits per heavy atom. The molecule has 3 amide bonds. The van der Waals surface area contributed by atoms with Crippen LogP contribution in [0.3, 0.4) is 0 Å². The lowest BCUT2D eigenvalue weighted by atomic mass is 10.1. The molecule has 1 atom stereocenters. The minimum atomic E-state index is -0.226. The standard InChI is InChI=1S/C22H28N4O3/c1-5-23-22(29)17-10-7-11-18(12-17)24-19(27)13-26(4)14-20(28)25-21-15(2)8-6-9-16(21)3/h6-12H,5,13-14H2,1-4H3,(H,23,29)(H,24,27)(H,25,28)/p+1. The number of benzene rings is 2. The van der Waals surface area contributed by atoms with Crippen molar-refractivity contribution in [2.75, 3.05) is 37.3 Å².